The zero-order valence-electron chi connectivity index (χ0n) is 13.0. The van der Waals surface area contributed by atoms with Crippen molar-refractivity contribution in [3.8, 4) is 5.75 Å². The molecule has 0 saturated carbocycles. The highest BCUT2D eigenvalue weighted by Crippen LogP contribution is 2.33. The Morgan fingerprint density at radius 2 is 1.80 bits per heavy atom. The molecule has 0 fully saturated rings. The number of nitrogens with one attached hydrogen (secondary N) is 2. The maximum absolute atomic E-state index is 12.0. The van der Waals surface area contributed by atoms with Crippen LogP contribution >= 0.6 is 11.6 Å². The zero-order chi connectivity index (χ0) is 17.4. The number of amides is 2. The second kappa shape index (κ2) is 6.11. The van der Waals surface area contributed by atoms with E-state index in [1.807, 2.05) is 48.5 Å². The number of H-pyrrole nitrogens is 1. The van der Waals surface area contributed by atoms with Crippen LogP contribution < -0.4 is 10.1 Å². The van der Waals surface area contributed by atoms with Gasteiger partial charge in [0.2, 0.25) is 0 Å². The van der Waals surface area contributed by atoms with Crippen molar-refractivity contribution in [2.45, 2.75) is 6.61 Å². The Bertz CT molecular complexity index is 1020. The number of fused-ring (bicyclic) bond motifs is 1. The lowest BCUT2D eigenvalue weighted by atomic mass is 10.1. The number of carbonyl (C=O) groups is 2. The zero-order valence-corrected chi connectivity index (χ0v) is 13.8. The van der Waals surface area contributed by atoms with Crippen LogP contribution in [0.1, 0.15) is 11.1 Å². The smallest absolute Gasteiger partial charge is 0.270 e. The van der Waals surface area contributed by atoms with Crippen molar-refractivity contribution in [1.82, 2.24) is 10.3 Å². The van der Waals surface area contributed by atoms with Crippen molar-refractivity contribution in [2.75, 3.05) is 0 Å². The minimum atomic E-state index is -0.576. The van der Waals surface area contributed by atoms with Gasteiger partial charge in [0.1, 0.15) is 17.4 Å². The van der Waals surface area contributed by atoms with E-state index in [-0.39, 0.29) is 10.6 Å². The third-order valence-electron chi connectivity index (χ3n) is 4.04. The molecule has 2 amide bonds. The SMILES string of the molecule is O=C1NC(=O)C(c2c[nH]c3ccc(OCc4ccccc4)cc23)=C1Cl. The number of imide groups is 1. The molecule has 4 rings (SSSR count). The van der Waals surface area contributed by atoms with Crippen molar-refractivity contribution in [3.63, 3.8) is 0 Å². The molecule has 0 aliphatic carbocycles. The summed E-state index contributed by atoms with van der Waals surface area (Å²) in [6.07, 6.45) is 1.67. The minimum Gasteiger partial charge on any atom is -0.489 e. The number of hydrogen-bond donors (Lipinski definition) is 2. The van der Waals surface area contributed by atoms with Crippen LogP contribution in [0.3, 0.4) is 0 Å². The molecule has 0 saturated heterocycles. The van der Waals surface area contributed by atoms with Gasteiger partial charge in [0.15, 0.2) is 0 Å². The Hall–Kier alpha value is -3.05. The highest BCUT2D eigenvalue weighted by molar-refractivity contribution is 6.55. The first-order valence-electron chi connectivity index (χ1n) is 7.67. The lowest BCUT2D eigenvalue weighted by molar-refractivity contribution is -0.123. The summed E-state index contributed by atoms with van der Waals surface area (Å²) in [5, 5.41) is 2.87. The van der Waals surface area contributed by atoms with Gasteiger partial charge in [-0.25, -0.2) is 0 Å². The molecular weight excluding hydrogens is 340 g/mol. The molecule has 124 valence electrons. The molecule has 2 aromatic carbocycles. The van der Waals surface area contributed by atoms with Crippen molar-refractivity contribution in [1.29, 1.82) is 0 Å². The van der Waals surface area contributed by atoms with E-state index in [9.17, 15) is 9.59 Å². The Morgan fingerprint density at radius 3 is 2.52 bits per heavy atom. The van der Waals surface area contributed by atoms with Crippen LogP contribution in [0, 0.1) is 0 Å². The number of aromatic amines is 1. The van der Waals surface area contributed by atoms with E-state index >= 15 is 0 Å². The van der Waals surface area contributed by atoms with Crippen LogP contribution in [0.5, 0.6) is 5.75 Å². The van der Waals surface area contributed by atoms with E-state index in [0.717, 1.165) is 16.5 Å². The highest BCUT2D eigenvalue weighted by Gasteiger charge is 2.31. The van der Waals surface area contributed by atoms with Crippen LogP contribution in [0.4, 0.5) is 0 Å². The molecule has 25 heavy (non-hydrogen) atoms. The van der Waals surface area contributed by atoms with Crippen molar-refractivity contribution < 1.29 is 14.3 Å². The van der Waals surface area contributed by atoms with Gasteiger partial charge in [0, 0.05) is 22.7 Å². The summed E-state index contributed by atoms with van der Waals surface area (Å²) in [5.41, 5.74) is 2.64. The van der Waals surface area contributed by atoms with E-state index < -0.39 is 11.8 Å². The molecule has 0 spiro atoms. The quantitative estimate of drug-likeness (QED) is 0.707. The lowest BCUT2D eigenvalue weighted by Gasteiger charge is -2.07. The second-order valence-corrected chi connectivity index (χ2v) is 6.03. The normalized spacial score (nSPS) is 14.3. The molecular formula is C19H13ClN2O3. The van der Waals surface area contributed by atoms with Crippen LogP contribution in [0.25, 0.3) is 16.5 Å². The largest absolute Gasteiger partial charge is 0.489 e. The number of benzene rings is 2. The van der Waals surface area contributed by atoms with Gasteiger partial charge in [-0.15, -0.1) is 0 Å². The van der Waals surface area contributed by atoms with Crippen molar-refractivity contribution in [3.05, 3.63) is 70.9 Å². The van der Waals surface area contributed by atoms with Crippen molar-refractivity contribution >= 4 is 39.9 Å². The van der Waals surface area contributed by atoms with E-state index in [4.69, 9.17) is 16.3 Å². The Labute approximate surface area is 148 Å². The summed E-state index contributed by atoms with van der Waals surface area (Å²) in [5.74, 6) is -0.405. The summed E-state index contributed by atoms with van der Waals surface area (Å²) in [6.45, 7) is 0.439. The predicted molar refractivity (Wildman–Crippen MR) is 95.0 cm³/mol. The third-order valence-corrected chi connectivity index (χ3v) is 4.40. The second-order valence-electron chi connectivity index (χ2n) is 5.66. The molecule has 6 heteroatoms. The van der Waals surface area contributed by atoms with Gasteiger partial charge in [-0.05, 0) is 23.8 Å². The summed E-state index contributed by atoms with van der Waals surface area (Å²) < 4.78 is 5.83. The first-order valence-corrected chi connectivity index (χ1v) is 8.05. The summed E-state index contributed by atoms with van der Waals surface area (Å²) in [7, 11) is 0. The van der Waals surface area contributed by atoms with Gasteiger partial charge in [0.05, 0.1) is 5.57 Å². The average molecular weight is 353 g/mol. The Morgan fingerprint density at radius 1 is 1.00 bits per heavy atom. The summed E-state index contributed by atoms with van der Waals surface area (Å²) in [6, 6.07) is 15.4. The third kappa shape index (κ3) is 2.79. The van der Waals surface area contributed by atoms with E-state index in [1.165, 1.54) is 0 Å². The van der Waals surface area contributed by atoms with Gasteiger partial charge in [-0.2, -0.15) is 0 Å². The topological polar surface area (TPSA) is 71.2 Å². The van der Waals surface area contributed by atoms with Gasteiger partial charge < -0.3 is 9.72 Å². The molecule has 0 bridgehead atoms. The van der Waals surface area contributed by atoms with Crippen LogP contribution in [-0.4, -0.2) is 16.8 Å². The molecule has 1 aliphatic heterocycles. The number of hydrogen-bond acceptors (Lipinski definition) is 3. The maximum atomic E-state index is 12.0. The van der Waals surface area contributed by atoms with Crippen molar-refractivity contribution in [2.24, 2.45) is 0 Å². The fraction of sp³-hybridized carbons (Fsp3) is 0.0526. The molecule has 3 aromatic rings. The van der Waals surface area contributed by atoms with Gasteiger partial charge in [-0.1, -0.05) is 41.9 Å². The van der Waals surface area contributed by atoms with Crippen LogP contribution in [0.2, 0.25) is 0 Å². The fourth-order valence-electron chi connectivity index (χ4n) is 2.81. The molecule has 2 N–H and O–H groups in total. The summed E-state index contributed by atoms with van der Waals surface area (Å²) in [4.78, 5) is 26.7. The van der Waals surface area contributed by atoms with E-state index in [0.29, 0.717) is 17.9 Å². The predicted octanol–water partition coefficient (Wildman–Crippen LogP) is 3.35. The number of carbonyl (C=O) groups excluding carboxylic acids is 2. The first-order chi connectivity index (χ1) is 12.1. The molecule has 2 heterocycles. The molecule has 1 aromatic heterocycles. The molecule has 0 atom stereocenters. The van der Waals surface area contributed by atoms with E-state index in [2.05, 4.69) is 10.3 Å². The van der Waals surface area contributed by atoms with Crippen LogP contribution in [-0.2, 0) is 16.2 Å². The van der Waals surface area contributed by atoms with Gasteiger partial charge in [0.25, 0.3) is 11.8 Å². The lowest BCUT2D eigenvalue weighted by Crippen LogP contribution is -2.22. The molecule has 1 aliphatic rings. The first kappa shape index (κ1) is 15.5. The van der Waals surface area contributed by atoms with Gasteiger partial charge >= 0.3 is 0 Å². The Kier molecular flexibility index (Phi) is 3.78. The number of aromatic nitrogens is 1. The maximum Gasteiger partial charge on any atom is 0.270 e. The highest BCUT2D eigenvalue weighted by atomic mass is 35.5. The van der Waals surface area contributed by atoms with Gasteiger partial charge in [-0.3, -0.25) is 14.9 Å². The Balaban J connectivity index is 1.69. The molecule has 0 unspecified atom stereocenters. The fourth-order valence-corrected chi connectivity index (χ4v) is 3.05. The standard InChI is InChI=1S/C19H13ClN2O3/c20-17-16(18(23)22-19(17)24)14-9-21-15-7-6-12(8-13(14)15)25-10-11-4-2-1-3-5-11/h1-9,21H,10H2,(H,22,23,24). The number of rotatable bonds is 4. The minimum absolute atomic E-state index is 0.0958. The number of ether oxygens (including phenoxy) is 1. The summed E-state index contributed by atoms with van der Waals surface area (Å²) >= 11 is 6.00. The monoisotopic (exact) mass is 352 g/mol. The number of halogens is 1. The molecule has 0 radical (unpaired) electrons. The molecule has 5 nitrogen and oxygen atoms in total. The van der Waals surface area contributed by atoms with Crippen LogP contribution in [0.15, 0.2) is 59.8 Å². The van der Waals surface area contributed by atoms with E-state index in [1.54, 1.807) is 6.20 Å². The average Bonchev–Trinajstić information content (AvgIpc) is 3.14.